The van der Waals surface area contributed by atoms with Gasteiger partial charge in [0.05, 0.1) is 11.5 Å². The highest BCUT2D eigenvalue weighted by Gasteiger charge is 2.16. The topological polar surface area (TPSA) is 91.3 Å². The Labute approximate surface area is 105 Å². The van der Waals surface area contributed by atoms with Gasteiger partial charge in [0.15, 0.2) is 0 Å². The molecule has 18 heavy (non-hydrogen) atoms. The zero-order valence-electron chi connectivity index (χ0n) is 10.2. The minimum atomic E-state index is -0.548. The molecule has 2 rings (SSSR count). The first-order valence-electron chi connectivity index (χ1n) is 6.20. The third kappa shape index (κ3) is 3.09. The molecule has 0 saturated heterocycles. The molecule has 1 saturated carbocycles. The Morgan fingerprint density at radius 1 is 1.39 bits per heavy atom. The number of nitro groups is 1. The summed E-state index contributed by atoms with van der Waals surface area (Å²) in [6.07, 6.45) is 6.18. The number of hydrogen-bond acceptors (Lipinski definition) is 5. The van der Waals surface area contributed by atoms with Crippen LogP contribution in [0.3, 0.4) is 0 Å². The normalized spacial score (nSPS) is 16.4. The van der Waals surface area contributed by atoms with Crippen LogP contribution in [0.4, 0.5) is 11.5 Å². The van der Waals surface area contributed by atoms with Gasteiger partial charge in [-0.2, -0.15) is 4.98 Å². The van der Waals surface area contributed by atoms with Gasteiger partial charge in [-0.15, -0.1) is 0 Å². The second-order valence-corrected chi connectivity index (χ2v) is 4.63. The van der Waals surface area contributed by atoms with Crippen molar-refractivity contribution in [2.75, 3.05) is 12.3 Å². The predicted octanol–water partition coefficient (Wildman–Crippen LogP) is 2.53. The van der Waals surface area contributed by atoms with E-state index in [0.29, 0.717) is 18.4 Å². The number of ether oxygens (including phenoxy) is 1. The molecule has 0 unspecified atom stereocenters. The fraction of sp³-hybridized carbons (Fsp3) is 0.583. The summed E-state index contributed by atoms with van der Waals surface area (Å²) >= 11 is 0. The van der Waals surface area contributed by atoms with Gasteiger partial charge in [-0.05, 0) is 18.8 Å². The Kier molecular flexibility index (Phi) is 3.96. The zero-order valence-corrected chi connectivity index (χ0v) is 10.2. The van der Waals surface area contributed by atoms with E-state index in [2.05, 4.69) is 4.98 Å². The van der Waals surface area contributed by atoms with Gasteiger partial charge in [0.2, 0.25) is 11.7 Å². The smallest absolute Gasteiger partial charge is 0.311 e. The van der Waals surface area contributed by atoms with E-state index < -0.39 is 4.92 Å². The largest absolute Gasteiger partial charge is 0.477 e. The highest BCUT2D eigenvalue weighted by atomic mass is 16.6. The quantitative estimate of drug-likeness (QED) is 0.655. The van der Waals surface area contributed by atoms with Gasteiger partial charge in [0.25, 0.3) is 0 Å². The molecule has 6 nitrogen and oxygen atoms in total. The summed E-state index contributed by atoms with van der Waals surface area (Å²) in [7, 11) is 0. The standard InChI is InChI=1S/C12H17N3O3/c13-12-10(15(16)17)6-7-11(14-12)18-8-9-4-2-1-3-5-9/h6-7,9H,1-5,8H2,(H2,13,14). The fourth-order valence-electron chi connectivity index (χ4n) is 2.24. The Morgan fingerprint density at radius 2 is 2.11 bits per heavy atom. The lowest BCUT2D eigenvalue weighted by molar-refractivity contribution is -0.384. The van der Waals surface area contributed by atoms with Crippen LogP contribution in [0.15, 0.2) is 12.1 Å². The van der Waals surface area contributed by atoms with E-state index in [0.717, 1.165) is 0 Å². The molecule has 1 heterocycles. The Bertz CT molecular complexity index is 431. The van der Waals surface area contributed by atoms with Crippen LogP contribution in [0.5, 0.6) is 5.88 Å². The lowest BCUT2D eigenvalue weighted by Gasteiger charge is -2.21. The van der Waals surface area contributed by atoms with Crippen LogP contribution >= 0.6 is 0 Å². The maximum absolute atomic E-state index is 10.6. The minimum absolute atomic E-state index is 0.0962. The molecule has 1 aromatic heterocycles. The highest BCUT2D eigenvalue weighted by molar-refractivity contribution is 5.53. The Morgan fingerprint density at radius 3 is 2.72 bits per heavy atom. The number of rotatable bonds is 4. The second-order valence-electron chi connectivity index (χ2n) is 4.63. The summed E-state index contributed by atoms with van der Waals surface area (Å²) in [5, 5.41) is 10.6. The number of hydrogen-bond donors (Lipinski definition) is 1. The van der Waals surface area contributed by atoms with Gasteiger partial charge < -0.3 is 10.5 Å². The number of aromatic nitrogens is 1. The molecule has 98 valence electrons. The van der Waals surface area contributed by atoms with Crippen molar-refractivity contribution in [3.8, 4) is 5.88 Å². The monoisotopic (exact) mass is 251 g/mol. The van der Waals surface area contributed by atoms with E-state index in [9.17, 15) is 10.1 Å². The number of pyridine rings is 1. The molecule has 0 aromatic carbocycles. The van der Waals surface area contributed by atoms with E-state index >= 15 is 0 Å². The minimum Gasteiger partial charge on any atom is -0.477 e. The summed E-state index contributed by atoms with van der Waals surface area (Å²) in [5.41, 5.74) is 5.32. The van der Waals surface area contributed by atoms with Crippen molar-refractivity contribution in [1.82, 2.24) is 4.98 Å². The third-order valence-electron chi connectivity index (χ3n) is 3.27. The van der Waals surface area contributed by atoms with E-state index in [1.54, 1.807) is 0 Å². The summed E-state index contributed by atoms with van der Waals surface area (Å²) in [5.74, 6) is 0.835. The molecule has 6 heteroatoms. The van der Waals surface area contributed by atoms with Crippen molar-refractivity contribution in [3.05, 3.63) is 22.2 Å². The van der Waals surface area contributed by atoms with Crippen molar-refractivity contribution in [2.45, 2.75) is 32.1 Å². The van der Waals surface area contributed by atoms with Crippen molar-refractivity contribution >= 4 is 11.5 Å². The zero-order chi connectivity index (χ0) is 13.0. The SMILES string of the molecule is Nc1nc(OCC2CCCCC2)ccc1[N+](=O)[O-]. The number of nitrogens with two attached hydrogens (primary N) is 1. The highest BCUT2D eigenvalue weighted by Crippen LogP contribution is 2.26. The molecule has 0 amide bonds. The molecule has 1 aromatic rings. The maximum Gasteiger partial charge on any atom is 0.311 e. The second kappa shape index (κ2) is 5.66. The molecule has 0 spiro atoms. The molecule has 0 bridgehead atoms. The van der Waals surface area contributed by atoms with Crippen LogP contribution < -0.4 is 10.5 Å². The van der Waals surface area contributed by atoms with E-state index in [-0.39, 0.29) is 11.5 Å². The fourth-order valence-corrected chi connectivity index (χ4v) is 2.24. The Balaban J connectivity index is 1.93. The Hall–Kier alpha value is -1.85. The van der Waals surface area contributed by atoms with E-state index in [1.165, 1.54) is 44.2 Å². The van der Waals surface area contributed by atoms with Gasteiger partial charge in [-0.25, -0.2) is 0 Å². The first kappa shape index (κ1) is 12.6. The number of nitrogen functional groups attached to an aromatic ring is 1. The maximum atomic E-state index is 10.6. The van der Waals surface area contributed by atoms with Crippen LogP contribution in [-0.4, -0.2) is 16.5 Å². The van der Waals surface area contributed by atoms with Crippen LogP contribution in [0, 0.1) is 16.0 Å². The van der Waals surface area contributed by atoms with Crippen LogP contribution in [0.25, 0.3) is 0 Å². The summed E-state index contributed by atoms with van der Waals surface area (Å²) in [6.45, 7) is 0.615. The molecule has 0 aliphatic heterocycles. The molecule has 1 aliphatic rings. The van der Waals surface area contributed by atoms with Crippen molar-refractivity contribution in [2.24, 2.45) is 5.92 Å². The van der Waals surface area contributed by atoms with Crippen molar-refractivity contribution in [1.29, 1.82) is 0 Å². The first-order chi connectivity index (χ1) is 8.66. The van der Waals surface area contributed by atoms with Gasteiger partial charge in [-0.3, -0.25) is 10.1 Å². The molecule has 0 atom stereocenters. The number of nitrogens with zero attached hydrogens (tertiary/aromatic N) is 2. The van der Waals surface area contributed by atoms with Crippen LogP contribution in [-0.2, 0) is 0 Å². The van der Waals surface area contributed by atoms with E-state index in [1.807, 2.05) is 0 Å². The molecule has 0 radical (unpaired) electrons. The lowest BCUT2D eigenvalue weighted by Crippen LogP contribution is -2.15. The first-order valence-corrected chi connectivity index (χ1v) is 6.20. The van der Waals surface area contributed by atoms with Gasteiger partial charge >= 0.3 is 5.69 Å². The summed E-state index contributed by atoms with van der Waals surface area (Å²) < 4.78 is 5.55. The lowest BCUT2D eigenvalue weighted by atomic mass is 9.90. The molecule has 1 fully saturated rings. The average Bonchev–Trinajstić information content (AvgIpc) is 2.37. The van der Waals surface area contributed by atoms with Crippen molar-refractivity contribution < 1.29 is 9.66 Å². The van der Waals surface area contributed by atoms with Gasteiger partial charge in [0.1, 0.15) is 0 Å². The average molecular weight is 251 g/mol. The van der Waals surface area contributed by atoms with E-state index in [4.69, 9.17) is 10.5 Å². The molecule has 2 N–H and O–H groups in total. The predicted molar refractivity (Wildman–Crippen MR) is 67.4 cm³/mol. The van der Waals surface area contributed by atoms with Crippen molar-refractivity contribution in [3.63, 3.8) is 0 Å². The molecular formula is C12H17N3O3. The number of anilines is 1. The van der Waals surface area contributed by atoms with Crippen LogP contribution in [0.1, 0.15) is 32.1 Å². The molecule has 1 aliphatic carbocycles. The third-order valence-corrected chi connectivity index (χ3v) is 3.27. The van der Waals surface area contributed by atoms with Gasteiger partial charge in [0, 0.05) is 12.1 Å². The van der Waals surface area contributed by atoms with Crippen LogP contribution in [0.2, 0.25) is 0 Å². The summed E-state index contributed by atoms with van der Waals surface area (Å²) in [6, 6.07) is 2.83. The van der Waals surface area contributed by atoms with Gasteiger partial charge in [-0.1, -0.05) is 19.3 Å². The molecular weight excluding hydrogens is 234 g/mol. The summed E-state index contributed by atoms with van der Waals surface area (Å²) in [4.78, 5) is 13.9.